The molecule has 0 radical (unpaired) electrons. The number of rotatable bonds is 7. The van der Waals surface area contributed by atoms with Crippen molar-refractivity contribution in [3.05, 3.63) is 93.7 Å². The lowest BCUT2D eigenvalue weighted by molar-refractivity contribution is 0.210. The van der Waals surface area contributed by atoms with E-state index in [9.17, 15) is 9.18 Å². The largest absolute Gasteiger partial charge is 0.497 e. The van der Waals surface area contributed by atoms with Crippen molar-refractivity contribution < 1.29 is 13.9 Å². The summed E-state index contributed by atoms with van der Waals surface area (Å²) < 4.78 is 18.5. The molecule has 30 heavy (non-hydrogen) atoms. The van der Waals surface area contributed by atoms with E-state index in [1.165, 1.54) is 12.1 Å². The fourth-order valence-electron chi connectivity index (χ4n) is 2.95. The second kappa shape index (κ2) is 10.3. The quantitative estimate of drug-likeness (QED) is 0.454. The second-order valence-corrected chi connectivity index (χ2v) is 7.54. The van der Waals surface area contributed by atoms with Crippen LogP contribution in [0.3, 0.4) is 0 Å². The predicted molar refractivity (Wildman–Crippen MR) is 119 cm³/mol. The average Bonchev–Trinajstić information content (AvgIpc) is 2.73. The molecule has 0 spiro atoms. The summed E-state index contributed by atoms with van der Waals surface area (Å²) in [7, 11) is 1.57. The zero-order valence-electron chi connectivity index (χ0n) is 16.4. The fraction of sp³-hybridized carbons (Fsp3) is 0.174. The van der Waals surface area contributed by atoms with Crippen LogP contribution in [0.4, 0.5) is 14.9 Å². The van der Waals surface area contributed by atoms with E-state index in [1.54, 1.807) is 60.5 Å². The van der Waals surface area contributed by atoms with E-state index in [-0.39, 0.29) is 11.8 Å². The number of hydrogen-bond acceptors (Lipinski definition) is 2. The number of methoxy groups -OCH3 is 1. The lowest BCUT2D eigenvalue weighted by atomic mass is 10.1. The maximum Gasteiger partial charge on any atom is 0.322 e. The lowest BCUT2D eigenvalue weighted by Gasteiger charge is -2.24. The van der Waals surface area contributed by atoms with Gasteiger partial charge in [-0.25, -0.2) is 9.18 Å². The van der Waals surface area contributed by atoms with Crippen LogP contribution < -0.4 is 10.1 Å². The van der Waals surface area contributed by atoms with Gasteiger partial charge in [0.15, 0.2) is 0 Å². The highest BCUT2D eigenvalue weighted by atomic mass is 35.5. The smallest absolute Gasteiger partial charge is 0.322 e. The number of amides is 2. The number of ether oxygens (including phenoxy) is 1. The fourth-order valence-corrected chi connectivity index (χ4v) is 3.45. The molecule has 3 rings (SSSR count). The Balaban J connectivity index is 1.76. The number of carbonyl (C=O) groups excluding carboxylic acids is 1. The van der Waals surface area contributed by atoms with Gasteiger partial charge in [-0.3, -0.25) is 0 Å². The zero-order valence-corrected chi connectivity index (χ0v) is 17.9. The molecule has 0 unspecified atom stereocenters. The molecule has 2 amide bonds. The van der Waals surface area contributed by atoms with Gasteiger partial charge in [-0.15, -0.1) is 0 Å². The summed E-state index contributed by atoms with van der Waals surface area (Å²) >= 11 is 12.2. The molecule has 1 N–H and O–H groups in total. The number of anilines is 1. The van der Waals surface area contributed by atoms with Crippen molar-refractivity contribution in [3.63, 3.8) is 0 Å². The first-order valence-corrected chi connectivity index (χ1v) is 10.1. The van der Waals surface area contributed by atoms with Crippen molar-refractivity contribution in [2.45, 2.75) is 13.0 Å². The van der Waals surface area contributed by atoms with E-state index in [0.29, 0.717) is 41.0 Å². The first-order valence-electron chi connectivity index (χ1n) is 9.33. The Labute approximate surface area is 185 Å². The molecule has 3 aromatic rings. The van der Waals surface area contributed by atoms with Gasteiger partial charge in [-0.1, -0.05) is 47.5 Å². The van der Waals surface area contributed by atoms with Gasteiger partial charge in [-0.2, -0.15) is 0 Å². The maximum absolute atomic E-state index is 13.3. The summed E-state index contributed by atoms with van der Waals surface area (Å²) in [6, 6.07) is 18.2. The molecule has 3 aromatic carbocycles. The van der Waals surface area contributed by atoms with Crippen molar-refractivity contribution in [2.75, 3.05) is 19.0 Å². The first kappa shape index (κ1) is 21.9. The Morgan fingerprint density at radius 3 is 2.53 bits per heavy atom. The lowest BCUT2D eigenvalue weighted by Crippen LogP contribution is -2.36. The van der Waals surface area contributed by atoms with Crippen molar-refractivity contribution in [2.24, 2.45) is 0 Å². The molecule has 0 saturated carbocycles. The number of benzene rings is 3. The third-order valence-corrected chi connectivity index (χ3v) is 5.15. The highest BCUT2D eigenvalue weighted by Gasteiger charge is 2.16. The summed E-state index contributed by atoms with van der Waals surface area (Å²) in [5.74, 6) is 0.324. The van der Waals surface area contributed by atoms with E-state index < -0.39 is 0 Å². The minimum absolute atomic E-state index is 0.280. The number of urea groups is 1. The molecular formula is C23H21Cl2FN2O2. The molecule has 0 fully saturated rings. The standard InChI is InChI=1S/C23H21Cl2FN2O2/c1-30-21-4-2-3-20(14-21)27-23(29)28(15-16-5-9-19(26)10-6-16)12-11-17-7-8-18(24)13-22(17)25/h2-10,13-14H,11-12,15H2,1H3,(H,27,29). The summed E-state index contributed by atoms with van der Waals surface area (Å²) in [6.45, 7) is 0.732. The monoisotopic (exact) mass is 446 g/mol. The Kier molecular flexibility index (Phi) is 7.55. The molecule has 0 aliphatic rings. The summed E-state index contributed by atoms with van der Waals surface area (Å²) in [5.41, 5.74) is 2.33. The molecule has 0 heterocycles. The van der Waals surface area contributed by atoms with E-state index in [0.717, 1.165) is 11.1 Å². The minimum atomic E-state index is -0.320. The second-order valence-electron chi connectivity index (χ2n) is 6.70. The molecule has 0 atom stereocenters. The molecule has 7 heteroatoms. The molecular weight excluding hydrogens is 426 g/mol. The average molecular weight is 447 g/mol. The summed E-state index contributed by atoms with van der Waals surface area (Å²) in [5, 5.41) is 4.00. The molecule has 0 bridgehead atoms. The Hall–Kier alpha value is -2.76. The number of hydrogen-bond donors (Lipinski definition) is 1. The van der Waals surface area contributed by atoms with Gasteiger partial charge in [0.1, 0.15) is 11.6 Å². The van der Waals surface area contributed by atoms with Gasteiger partial charge < -0.3 is 15.0 Å². The number of nitrogens with zero attached hydrogens (tertiary/aromatic N) is 1. The van der Waals surface area contributed by atoms with Gasteiger partial charge in [0.25, 0.3) is 0 Å². The van der Waals surface area contributed by atoms with E-state index in [4.69, 9.17) is 27.9 Å². The Morgan fingerprint density at radius 2 is 1.83 bits per heavy atom. The van der Waals surface area contributed by atoms with Crippen LogP contribution in [0.1, 0.15) is 11.1 Å². The molecule has 4 nitrogen and oxygen atoms in total. The molecule has 0 aromatic heterocycles. The van der Waals surface area contributed by atoms with Crippen molar-refractivity contribution in [1.82, 2.24) is 4.90 Å². The zero-order chi connectivity index (χ0) is 21.5. The van der Waals surface area contributed by atoms with Crippen LogP contribution in [0.15, 0.2) is 66.7 Å². The van der Waals surface area contributed by atoms with E-state index in [1.807, 2.05) is 6.07 Å². The van der Waals surface area contributed by atoms with Crippen LogP contribution in [0.2, 0.25) is 10.0 Å². The molecule has 0 saturated heterocycles. The van der Waals surface area contributed by atoms with Crippen LogP contribution in [-0.2, 0) is 13.0 Å². The van der Waals surface area contributed by atoms with Crippen LogP contribution in [0, 0.1) is 5.82 Å². The third-order valence-electron chi connectivity index (χ3n) is 4.56. The summed E-state index contributed by atoms with van der Waals surface area (Å²) in [6.07, 6.45) is 0.544. The Morgan fingerprint density at radius 1 is 1.07 bits per heavy atom. The van der Waals surface area contributed by atoms with Crippen molar-refractivity contribution >= 4 is 34.9 Å². The van der Waals surface area contributed by atoms with E-state index in [2.05, 4.69) is 5.32 Å². The highest BCUT2D eigenvalue weighted by molar-refractivity contribution is 6.35. The van der Waals surface area contributed by atoms with Gasteiger partial charge in [0.2, 0.25) is 0 Å². The van der Waals surface area contributed by atoms with Gasteiger partial charge in [-0.05, 0) is 53.9 Å². The van der Waals surface area contributed by atoms with Crippen LogP contribution in [0.25, 0.3) is 0 Å². The van der Waals surface area contributed by atoms with Gasteiger partial charge in [0, 0.05) is 34.9 Å². The number of nitrogens with one attached hydrogen (secondary N) is 1. The summed E-state index contributed by atoms with van der Waals surface area (Å²) in [4.78, 5) is 14.6. The predicted octanol–water partition coefficient (Wildman–Crippen LogP) is 6.42. The van der Waals surface area contributed by atoms with Crippen molar-refractivity contribution in [3.8, 4) is 5.75 Å². The van der Waals surface area contributed by atoms with E-state index >= 15 is 0 Å². The highest BCUT2D eigenvalue weighted by Crippen LogP contribution is 2.22. The third kappa shape index (κ3) is 6.12. The molecule has 0 aliphatic carbocycles. The van der Waals surface area contributed by atoms with Gasteiger partial charge in [0.05, 0.1) is 7.11 Å². The number of halogens is 3. The first-order chi connectivity index (χ1) is 14.4. The van der Waals surface area contributed by atoms with Crippen LogP contribution >= 0.6 is 23.2 Å². The van der Waals surface area contributed by atoms with Crippen molar-refractivity contribution in [1.29, 1.82) is 0 Å². The normalized spacial score (nSPS) is 10.5. The molecule has 0 aliphatic heterocycles. The Bertz CT molecular complexity index is 1010. The number of carbonyl (C=O) groups is 1. The SMILES string of the molecule is COc1cccc(NC(=O)N(CCc2ccc(Cl)cc2Cl)Cc2ccc(F)cc2)c1. The maximum atomic E-state index is 13.3. The topological polar surface area (TPSA) is 41.6 Å². The van der Waals surface area contributed by atoms with Crippen LogP contribution in [0.5, 0.6) is 5.75 Å². The molecule has 156 valence electrons. The minimum Gasteiger partial charge on any atom is -0.497 e. The van der Waals surface area contributed by atoms with Crippen LogP contribution in [-0.4, -0.2) is 24.6 Å². The van der Waals surface area contributed by atoms with Gasteiger partial charge >= 0.3 is 6.03 Å².